The Morgan fingerprint density at radius 2 is 2.12 bits per heavy atom. The zero-order valence-corrected chi connectivity index (χ0v) is 14.2. The minimum Gasteiger partial charge on any atom is -0.376 e. The summed E-state index contributed by atoms with van der Waals surface area (Å²) in [5.41, 5.74) is 2.12. The van der Waals surface area contributed by atoms with Crippen molar-refractivity contribution in [1.82, 2.24) is 19.9 Å². The Kier molecular flexibility index (Phi) is 4.47. The molecule has 0 aliphatic heterocycles. The van der Waals surface area contributed by atoms with Gasteiger partial charge in [-0.3, -0.25) is 0 Å². The molecule has 0 aromatic carbocycles. The molecular formula is C18H25N5O. The minimum absolute atomic E-state index is 0.483. The third-order valence-corrected chi connectivity index (χ3v) is 4.53. The second kappa shape index (κ2) is 6.89. The van der Waals surface area contributed by atoms with E-state index in [9.17, 15) is 0 Å². The van der Waals surface area contributed by atoms with Gasteiger partial charge in [0.1, 0.15) is 11.6 Å². The molecule has 0 radical (unpaired) electrons. The molecule has 0 amide bonds. The van der Waals surface area contributed by atoms with Crippen LogP contribution in [0, 0.1) is 12.8 Å². The van der Waals surface area contributed by atoms with Gasteiger partial charge >= 0.3 is 0 Å². The van der Waals surface area contributed by atoms with Crippen LogP contribution in [0.4, 0.5) is 5.82 Å². The largest absolute Gasteiger partial charge is 0.376 e. The molecule has 1 N–H and O–H groups in total. The summed E-state index contributed by atoms with van der Waals surface area (Å²) >= 11 is 0. The summed E-state index contributed by atoms with van der Waals surface area (Å²) in [7, 11) is 0. The summed E-state index contributed by atoms with van der Waals surface area (Å²) in [6, 6.07) is 2.07. The van der Waals surface area contributed by atoms with Gasteiger partial charge in [0.2, 0.25) is 0 Å². The number of rotatable bonds is 9. The number of aryl methyl sites for hydroxylation is 1. The van der Waals surface area contributed by atoms with E-state index in [1.807, 2.05) is 6.20 Å². The number of imidazole rings is 1. The van der Waals surface area contributed by atoms with Crippen molar-refractivity contribution in [3.63, 3.8) is 0 Å². The lowest BCUT2D eigenvalue weighted by Crippen LogP contribution is -2.29. The third kappa shape index (κ3) is 4.32. The highest BCUT2D eigenvalue weighted by Crippen LogP contribution is 2.32. The van der Waals surface area contributed by atoms with E-state index in [2.05, 4.69) is 32.8 Å². The number of nitrogens with one attached hydrogen (secondary N) is 1. The van der Waals surface area contributed by atoms with Crippen molar-refractivity contribution < 1.29 is 4.74 Å². The van der Waals surface area contributed by atoms with Crippen LogP contribution >= 0.6 is 0 Å². The Morgan fingerprint density at radius 3 is 2.83 bits per heavy atom. The molecule has 2 aliphatic rings. The molecular weight excluding hydrogens is 302 g/mol. The van der Waals surface area contributed by atoms with Crippen LogP contribution < -0.4 is 4.90 Å². The fourth-order valence-electron chi connectivity index (χ4n) is 2.86. The molecule has 2 saturated carbocycles. The first-order valence-corrected chi connectivity index (χ1v) is 8.94. The van der Waals surface area contributed by atoms with Crippen molar-refractivity contribution >= 4 is 5.82 Å². The van der Waals surface area contributed by atoms with E-state index in [1.165, 1.54) is 25.7 Å². The maximum atomic E-state index is 5.85. The SMILES string of the molecule is Cc1cc(N(CCOC2CC2)Cc2cnc[nH]2)nc(CC2CC2)n1. The Bertz CT molecular complexity index is 664. The molecule has 2 fully saturated rings. The average molecular weight is 327 g/mol. The van der Waals surface area contributed by atoms with Gasteiger partial charge in [0.05, 0.1) is 31.3 Å². The maximum absolute atomic E-state index is 5.85. The minimum atomic E-state index is 0.483. The molecule has 2 aliphatic carbocycles. The summed E-state index contributed by atoms with van der Waals surface area (Å²) < 4.78 is 5.85. The lowest BCUT2D eigenvalue weighted by atomic mass is 10.2. The van der Waals surface area contributed by atoms with E-state index < -0.39 is 0 Å². The van der Waals surface area contributed by atoms with Gasteiger partial charge in [0.15, 0.2) is 0 Å². The fraction of sp³-hybridized carbons (Fsp3) is 0.611. The van der Waals surface area contributed by atoms with Crippen LogP contribution in [0.3, 0.4) is 0 Å². The number of nitrogens with zero attached hydrogens (tertiary/aromatic N) is 4. The molecule has 2 heterocycles. The molecule has 6 heteroatoms. The summed E-state index contributed by atoms with van der Waals surface area (Å²) in [5, 5.41) is 0. The summed E-state index contributed by atoms with van der Waals surface area (Å²) in [5.74, 6) is 2.76. The summed E-state index contributed by atoms with van der Waals surface area (Å²) in [6.07, 6.45) is 10.1. The van der Waals surface area contributed by atoms with Crippen molar-refractivity contribution in [3.8, 4) is 0 Å². The van der Waals surface area contributed by atoms with E-state index in [0.717, 1.165) is 55.1 Å². The highest BCUT2D eigenvalue weighted by molar-refractivity contribution is 5.40. The van der Waals surface area contributed by atoms with Gasteiger partial charge < -0.3 is 14.6 Å². The number of aromatic nitrogens is 4. The molecule has 0 saturated heterocycles. The number of ether oxygens (including phenoxy) is 1. The lowest BCUT2D eigenvalue weighted by Gasteiger charge is -2.24. The Labute approximate surface area is 142 Å². The standard InChI is InChI=1S/C18H25N5O/c1-13-8-18(22-17(21-13)9-14-2-3-14)23(6-7-24-16-4-5-16)11-15-10-19-12-20-15/h8,10,12,14,16H,2-7,9,11H2,1H3,(H,19,20). The predicted octanol–water partition coefficient (Wildman–Crippen LogP) is 2.65. The van der Waals surface area contributed by atoms with Gasteiger partial charge in [-0.2, -0.15) is 0 Å². The van der Waals surface area contributed by atoms with E-state index in [4.69, 9.17) is 9.72 Å². The molecule has 0 bridgehead atoms. The molecule has 0 spiro atoms. The third-order valence-electron chi connectivity index (χ3n) is 4.53. The van der Waals surface area contributed by atoms with Gasteiger partial charge in [-0.1, -0.05) is 0 Å². The van der Waals surface area contributed by atoms with Gasteiger partial charge in [0, 0.05) is 30.9 Å². The smallest absolute Gasteiger partial charge is 0.132 e. The number of anilines is 1. The zero-order chi connectivity index (χ0) is 16.4. The predicted molar refractivity (Wildman–Crippen MR) is 91.8 cm³/mol. The molecule has 4 rings (SSSR count). The quantitative estimate of drug-likeness (QED) is 0.767. The van der Waals surface area contributed by atoms with Crippen LogP contribution in [0.5, 0.6) is 0 Å². The highest BCUT2D eigenvalue weighted by Gasteiger charge is 2.24. The molecule has 6 nitrogen and oxygen atoms in total. The normalized spacial score (nSPS) is 17.2. The van der Waals surface area contributed by atoms with Crippen LogP contribution in [0.1, 0.15) is 42.9 Å². The van der Waals surface area contributed by atoms with Crippen LogP contribution in [0.25, 0.3) is 0 Å². The van der Waals surface area contributed by atoms with Gasteiger partial charge in [-0.25, -0.2) is 15.0 Å². The van der Waals surface area contributed by atoms with Gasteiger partial charge in [0.25, 0.3) is 0 Å². The van der Waals surface area contributed by atoms with Crippen LogP contribution in [0.2, 0.25) is 0 Å². The average Bonchev–Trinajstić information content (AvgIpc) is 3.48. The van der Waals surface area contributed by atoms with Crippen molar-refractivity contribution in [2.75, 3.05) is 18.1 Å². The van der Waals surface area contributed by atoms with Gasteiger partial charge in [-0.05, 0) is 38.5 Å². The van der Waals surface area contributed by atoms with Crippen LogP contribution in [0.15, 0.2) is 18.6 Å². The lowest BCUT2D eigenvalue weighted by molar-refractivity contribution is 0.125. The molecule has 0 atom stereocenters. The van der Waals surface area contributed by atoms with Crippen molar-refractivity contribution in [3.05, 3.63) is 35.8 Å². The molecule has 24 heavy (non-hydrogen) atoms. The topological polar surface area (TPSA) is 66.9 Å². The summed E-state index contributed by atoms with van der Waals surface area (Å²) in [4.78, 5) is 19.0. The van der Waals surface area contributed by atoms with Crippen LogP contribution in [-0.2, 0) is 17.7 Å². The second-order valence-electron chi connectivity index (χ2n) is 7.00. The van der Waals surface area contributed by atoms with Gasteiger partial charge in [-0.15, -0.1) is 0 Å². The Balaban J connectivity index is 1.49. The van der Waals surface area contributed by atoms with Crippen molar-refractivity contribution in [2.24, 2.45) is 5.92 Å². The highest BCUT2D eigenvalue weighted by atomic mass is 16.5. The Hall–Kier alpha value is -1.95. The Morgan fingerprint density at radius 1 is 1.25 bits per heavy atom. The van der Waals surface area contributed by atoms with E-state index >= 15 is 0 Å². The first-order chi connectivity index (χ1) is 11.8. The molecule has 2 aromatic rings. The molecule has 2 aromatic heterocycles. The molecule has 0 unspecified atom stereocenters. The fourth-order valence-corrected chi connectivity index (χ4v) is 2.86. The maximum Gasteiger partial charge on any atom is 0.132 e. The second-order valence-corrected chi connectivity index (χ2v) is 7.00. The first-order valence-electron chi connectivity index (χ1n) is 8.94. The molecule has 128 valence electrons. The number of hydrogen-bond acceptors (Lipinski definition) is 5. The van der Waals surface area contributed by atoms with E-state index in [0.29, 0.717) is 6.10 Å². The van der Waals surface area contributed by atoms with Crippen molar-refractivity contribution in [1.29, 1.82) is 0 Å². The zero-order valence-electron chi connectivity index (χ0n) is 14.2. The summed E-state index contributed by atoms with van der Waals surface area (Å²) in [6.45, 7) is 4.37. The van der Waals surface area contributed by atoms with E-state index in [-0.39, 0.29) is 0 Å². The number of H-pyrrole nitrogens is 1. The first kappa shape index (κ1) is 15.6. The number of hydrogen-bond donors (Lipinski definition) is 1. The van der Waals surface area contributed by atoms with Crippen molar-refractivity contribution in [2.45, 2.75) is 51.7 Å². The van der Waals surface area contributed by atoms with E-state index in [1.54, 1.807) is 6.33 Å². The monoisotopic (exact) mass is 327 g/mol. The number of aromatic amines is 1. The van der Waals surface area contributed by atoms with Crippen LogP contribution in [-0.4, -0.2) is 39.2 Å².